The Morgan fingerprint density at radius 2 is 1.80 bits per heavy atom. The standard InChI is InChI=1S/C21H24ClNO2/c1-13(2)25-16-10-8-15(9-11-16)14(3)23-21(24)19-12-18(19)17-6-4-5-7-20(17)22/h4-11,13-14,18-19H,12H2,1-3H3,(H,23,24). The molecule has 1 saturated carbocycles. The molecule has 0 aromatic heterocycles. The lowest BCUT2D eigenvalue weighted by atomic mass is 10.1. The van der Waals surface area contributed by atoms with Crippen molar-refractivity contribution in [1.82, 2.24) is 5.32 Å². The molecule has 0 radical (unpaired) electrons. The first-order valence-electron chi connectivity index (χ1n) is 8.77. The lowest BCUT2D eigenvalue weighted by molar-refractivity contribution is -0.123. The van der Waals surface area contributed by atoms with Crippen molar-refractivity contribution < 1.29 is 9.53 Å². The van der Waals surface area contributed by atoms with Crippen molar-refractivity contribution in [3.8, 4) is 5.75 Å². The molecule has 3 rings (SSSR count). The van der Waals surface area contributed by atoms with Crippen LogP contribution in [0.3, 0.4) is 0 Å². The predicted octanol–water partition coefficient (Wildman–Crippen LogP) is 5.11. The molecule has 0 bridgehead atoms. The molecule has 1 fully saturated rings. The van der Waals surface area contributed by atoms with Crippen LogP contribution in [0.5, 0.6) is 5.75 Å². The Balaban J connectivity index is 1.57. The molecule has 4 heteroatoms. The number of halogens is 1. The van der Waals surface area contributed by atoms with Crippen LogP contribution in [-0.4, -0.2) is 12.0 Å². The first kappa shape index (κ1) is 17.8. The summed E-state index contributed by atoms with van der Waals surface area (Å²) in [5, 5.41) is 3.86. The van der Waals surface area contributed by atoms with Gasteiger partial charge >= 0.3 is 0 Å². The fraction of sp³-hybridized carbons (Fsp3) is 0.381. The summed E-state index contributed by atoms with van der Waals surface area (Å²) in [5.41, 5.74) is 2.14. The second-order valence-corrected chi connectivity index (χ2v) is 7.34. The van der Waals surface area contributed by atoms with E-state index in [1.165, 1.54) is 0 Å². The molecule has 2 aromatic rings. The van der Waals surface area contributed by atoms with Crippen molar-refractivity contribution in [2.45, 2.75) is 45.3 Å². The fourth-order valence-electron chi connectivity index (χ4n) is 3.12. The number of hydrogen-bond acceptors (Lipinski definition) is 2. The zero-order chi connectivity index (χ0) is 18.0. The van der Waals surface area contributed by atoms with Crippen molar-refractivity contribution in [3.63, 3.8) is 0 Å². The van der Waals surface area contributed by atoms with Gasteiger partial charge in [-0.05, 0) is 62.4 Å². The zero-order valence-corrected chi connectivity index (χ0v) is 15.6. The Morgan fingerprint density at radius 3 is 2.44 bits per heavy atom. The van der Waals surface area contributed by atoms with Crippen LogP contribution in [0.15, 0.2) is 48.5 Å². The highest BCUT2D eigenvalue weighted by Crippen LogP contribution is 2.49. The van der Waals surface area contributed by atoms with Gasteiger partial charge in [0.1, 0.15) is 5.75 Å². The number of rotatable bonds is 6. The molecule has 1 aliphatic rings. The predicted molar refractivity (Wildman–Crippen MR) is 101 cm³/mol. The van der Waals surface area contributed by atoms with E-state index in [0.717, 1.165) is 28.3 Å². The van der Waals surface area contributed by atoms with Gasteiger partial charge in [0.05, 0.1) is 12.1 Å². The highest BCUT2D eigenvalue weighted by molar-refractivity contribution is 6.31. The smallest absolute Gasteiger partial charge is 0.224 e. The highest BCUT2D eigenvalue weighted by atomic mass is 35.5. The Hall–Kier alpha value is -2.00. The molecule has 3 unspecified atom stereocenters. The van der Waals surface area contributed by atoms with Gasteiger partial charge in [-0.1, -0.05) is 41.9 Å². The Bertz CT molecular complexity index is 742. The Morgan fingerprint density at radius 1 is 1.12 bits per heavy atom. The van der Waals surface area contributed by atoms with Gasteiger partial charge in [0.15, 0.2) is 0 Å². The monoisotopic (exact) mass is 357 g/mol. The first-order valence-corrected chi connectivity index (χ1v) is 9.15. The van der Waals surface area contributed by atoms with Crippen molar-refractivity contribution >= 4 is 17.5 Å². The third kappa shape index (κ3) is 4.35. The summed E-state index contributed by atoms with van der Waals surface area (Å²) >= 11 is 6.24. The van der Waals surface area contributed by atoms with E-state index in [-0.39, 0.29) is 29.9 Å². The molecule has 25 heavy (non-hydrogen) atoms. The van der Waals surface area contributed by atoms with E-state index in [2.05, 4.69) is 5.32 Å². The quantitative estimate of drug-likeness (QED) is 0.780. The number of amides is 1. The number of carbonyl (C=O) groups excluding carboxylic acids is 1. The van der Waals surface area contributed by atoms with Crippen LogP contribution >= 0.6 is 11.6 Å². The maximum Gasteiger partial charge on any atom is 0.224 e. The lowest BCUT2D eigenvalue weighted by Gasteiger charge is -2.16. The number of ether oxygens (including phenoxy) is 1. The van der Waals surface area contributed by atoms with Crippen LogP contribution < -0.4 is 10.1 Å². The molecular weight excluding hydrogens is 334 g/mol. The highest BCUT2D eigenvalue weighted by Gasteiger charge is 2.45. The third-order valence-electron chi connectivity index (χ3n) is 4.54. The van der Waals surface area contributed by atoms with Crippen molar-refractivity contribution in [3.05, 3.63) is 64.7 Å². The second kappa shape index (κ2) is 7.49. The van der Waals surface area contributed by atoms with Crippen molar-refractivity contribution in [1.29, 1.82) is 0 Å². The minimum atomic E-state index is -0.0342. The first-order chi connectivity index (χ1) is 12.0. The van der Waals surface area contributed by atoms with Gasteiger partial charge in [-0.15, -0.1) is 0 Å². The van der Waals surface area contributed by atoms with Crippen LogP contribution in [-0.2, 0) is 4.79 Å². The minimum Gasteiger partial charge on any atom is -0.491 e. The summed E-state index contributed by atoms with van der Waals surface area (Å²) in [6.07, 6.45) is 1.02. The topological polar surface area (TPSA) is 38.3 Å². The number of benzene rings is 2. The molecule has 132 valence electrons. The molecule has 1 amide bonds. The van der Waals surface area contributed by atoms with E-state index < -0.39 is 0 Å². The van der Waals surface area contributed by atoms with E-state index in [1.807, 2.05) is 69.3 Å². The van der Waals surface area contributed by atoms with E-state index in [9.17, 15) is 4.79 Å². The van der Waals surface area contributed by atoms with Gasteiger partial charge in [-0.2, -0.15) is 0 Å². The molecule has 1 aliphatic carbocycles. The van der Waals surface area contributed by atoms with Gasteiger partial charge in [0.25, 0.3) is 0 Å². The van der Waals surface area contributed by atoms with Gasteiger partial charge < -0.3 is 10.1 Å². The van der Waals surface area contributed by atoms with Crippen molar-refractivity contribution in [2.24, 2.45) is 5.92 Å². The molecule has 1 N–H and O–H groups in total. The summed E-state index contributed by atoms with van der Waals surface area (Å²) in [6.45, 7) is 6.01. The van der Waals surface area contributed by atoms with Gasteiger partial charge in [0, 0.05) is 10.9 Å². The van der Waals surface area contributed by atoms with Crippen LogP contribution in [0.4, 0.5) is 0 Å². The van der Waals surface area contributed by atoms with E-state index in [4.69, 9.17) is 16.3 Å². The van der Waals surface area contributed by atoms with Crippen LogP contribution in [0.25, 0.3) is 0 Å². The Labute approximate surface area is 154 Å². The third-order valence-corrected chi connectivity index (χ3v) is 4.89. The minimum absolute atomic E-state index is 0.0193. The molecule has 0 spiro atoms. The van der Waals surface area contributed by atoms with Crippen LogP contribution in [0.1, 0.15) is 50.3 Å². The van der Waals surface area contributed by atoms with E-state index in [0.29, 0.717) is 0 Å². The largest absolute Gasteiger partial charge is 0.491 e. The maximum atomic E-state index is 12.5. The molecule has 0 heterocycles. The average Bonchev–Trinajstić information content (AvgIpc) is 3.36. The molecule has 3 atom stereocenters. The van der Waals surface area contributed by atoms with Crippen molar-refractivity contribution in [2.75, 3.05) is 0 Å². The molecule has 0 saturated heterocycles. The number of hydrogen-bond donors (Lipinski definition) is 1. The molecule has 3 nitrogen and oxygen atoms in total. The SMILES string of the molecule is CC(C)Oc1ccc(C(C)NC(=O)C2CC2c2ccccc2Cl)cc1. The maximum absolute atomic E-state index is 12.5. The summed E-state index contributed by atoms with van der Waals surface area (Å²) in [4.78, 5) is 12.5. The van der Waals surface area contributed by atoms with Gasteiger partial charge in [-0.3, -0.25) is 4.79 Å². The van der Waals surface area contributed by atoms with Gasteiger partial charge in [-0.25, -0.2) is 0 Å². The number of carbonyl (C=O) groups is 1. The summed E-state index contributed by atoms with van der Waals surface area (Å²) in [7, 11) is 0. The normalized spacial score (nSPS) is 20.2. The molecule has 2 aromatic carbocycles. The molecule has 0 aliphatic heterocycles. The van der Waals surface area contributed by atoms with E-state index >= 15 is 0 Å². The summed E-state index contributed by atoms with van der Waals surface area (Å²) in [6, 6.07) is 15.6. The second-order valence-electron chi connectivity index (χ2n) is 6.94. The lowest BCUT2D eigenvalue weighted by Crippen LogP contribution is -2.28. The Kier molecular flexibility index (Phi) is 5.33. The van der Waals surface area contributed by atoms with Crippen LogP contribution in [0.2, 0.25) is 5.02 Å². The zero-order valence-electron chi connectivity index (χ0n) is 14.8. The van der Waals surface area contributed by atoms with E-state index in [1.54, 1.807) is 0 Å². The summed E-state index contributed by atoms with van der Waals surface area (Å²) < 4.78 is 5.65. The number of nitrogens with one attached hydrogen (secondary N) is 1. The summed E-state index contributed by atoms with van der Waals surface area (Å²) in [5.74, 6) is 1.20. The average molecular weight is 358 g/mol. The van der Waals surface area contributed by atoms with Crippen LogP contribution in [0, 0.1) is 5.92 Å². The molecular formula is C21H24ClNO2. The fourth-order valence-corrected chi connectivity index (χ4v) is 3.39. The van der Waals surface area contributed by atoms with Gasteiger partial charge in [0.2, 0.25) is 5.91 Å².